The molecule has 1 heterocycles. The van der Waals surface area contributed by atoms with Gasteiger partial charge < -0.3 is 5.73 Å². The number of rotatable bonds is 3. The van der Waals surface area contributed by atoms with Crippen LogP contribution in [0.2, 0.25) is 0 Å². The van der Waals surface area contributed by atoms with Crippen LogP contribution in [0.4, 0.5) is 14.5 Å². The van der Waals surface area contributed by atoms with Crippen molar-refractivity contribution in [3.63, 3.8) is 0 Å². The van der Waals surface area contributed by atoms with Crippen molar-refractivity contribution >= 4 is 27.8 Å². The molecule has 0 radical (unpaired) electrons. The number of hydrogen-bond acceptors (Lipinski definition) is 4. The molecule has 102 valence electrons. The van der Waals surface area contributed by atoms with Crippen LogP contribution in [-0.2, 0) is 16.6 Å². The molecule has 1 aromatic carbocycles. The summed E-state index contributed by atoms with van der Waals surface area (Å²) in [6.45, 7) is 3.73. The molecule has 0 aliphatic carbocycles. The van der Waals surface area contributed by atoms with Crippen molar-refractivity contribution in [2.24, 2.45) is 0 Å². The van der Waals surface area contributed by atoms with Crippen LogP contribution in [0.5, 0.6) is 0 Å². The first-order valence-corrected chi connectivity index (χ1v) is 7.58. The third-order valence-corrected chi connectivity index (χ3v) is 5.21. The lowest BCUT2D eigenvalue weighted by molar-refractivity contribution is 0.535. The number of aromatic nitrogens is 1. The Morgan fingerprint density at radius 2 is 1.89 bits per heavy atom. The zero-order valence-corrected chi connectivity index (χ0v) is 12.0. The van der Waals surface area contributed by atoms with Crippen molar-refractivity contribution in [3.05, 3.63) is 39.3 Å². The molecule has 0 saturated heterocycles. The minimum atomic E-state index is -1.82. The average Bonchev–Trinajstić information content (AvgIpc) is 2.55. The Morgan fingerprint density at radius 3 is 2.37 bits per heavy atom. The second-order valence-corrected chi connectivity index (χ2v) is 6.73. The molecule has 2 N–H and O–H groups in total. The van der Waals surface area contributed by atoms with Gasteiger partial charge in [-0.15, -0.1) is 11.3 Å². The van der Waals surface area contributed by atoms with Crippen molar-refractivity contribution in [1.29, 1.82) is 0 Å². The number of nitrogen functional groups attached to an aromatic ring is 1. The SMILES string of the molecule is Cc1nc(CS(=O)c2c(F)cc(N)cc2F)sc1C. The molecule has 1 unspecified atom stereocenters. The van der Waals surface area contributed by atoms with E-state index in [0.29, 0.717) is 5.01 Å². The largest absolute Gasteiger partial charge is 0.399 e. The minimum Gasteiger partial charge on any atom is -0.399 e. The molecule has 2 rings (SSSR count). The second-order valence-electron chi connectivity index (χ2n) is 4.05. The van der Waals surface area contributed by atoms with E-state index in [2.05, 4.69) is 4.98 Å². The first-order chi connectivity index (χ1) is 8.88. The molecule has 0 spiro atoms. The second kappa shape index (κ2) is 5.34. The predicted molar refractivity (Wildman–Crippen MR) is 72.5 cm³/mol. The third kappa shape index (κ3) is 2.98. The monoisotopic (exact) mass is 302 g/mol. The van der Waals surface area contributed by atoms with E-state index in [1.165, 1.54) is 11.3 Å². The maximum Gasteiger partial charge on any atom is 0.144 e. The molecule has 7 heteroatoms. The zero-order chi connectivity index (χ0) is 14.2. The lowest BCUT2D eigenvalue weighted by atomic mass is 10.3. The average molecular weight is 302 g/mol. The predicted octanol–water partition coefficient (Wildman–Crippen LogP) is 2.93. The Bertz CT molecular complexity index is 613. The Balaban J connectivity index is 2.30. The fourth-order valence-electron chi connectivity index (χ4n) is 1.58. The van der Waals surface area contributed by atoms with Gasteiger partial charge in [0.1, 0.15) is 21.5 Å². The maximum atomic E-state index is 13.6. The van der Waals surface area contributed by atoms with E-state index in [4.69, 9.17) is 5.73 Å². The summed E-state index contributed by atoms with van der Waals surface area (Å²) in [6.07, 6.45) is 0. The summed E-state index contributed by atoms with van der Waals surface area (Å²) in [4.78, 5) is 4.77. The van der Waals surface area contributed by atoms with Gasteiger partial charge in [0.2, 0.25) is 0 Å². The van der Waals surface area contributed by atoms with Crippen molar-refractivity contribution in [3.8, 4) is 0 Å². The van der Waals surface area contributed by atoms with Crippen LogP contribution in [0.3, 0.4) is 0 Å². The molecular weight excluding hydrogens is 290 g/mol. The smallest absolute Gasteiger partial charge is 0.144 e. The summed E-state index contributed by atoms with van der Waals surface area (Å²) in [7, 11) is -1.82. The summed E-state index contributed by atoms with van der Waals surface area (Å²) in [5, 5.41) is 0.601. The molecule has 0 fully saturated rings. The number of nitrogens with zero attached hydrogens (tertiary/aromatic N) is 1. The van der Waals surface area contributed by atoms with E-state index in [0.717, 1.165) is 22.7 Å². The molecule has 1 atom stereocenters. The summed E-state index contributed by atoms with van der Waals surface area (Å²) in [5.74, 6) is -1.78. The van der Waals surface area contributed by atoms with Gasteiger partial charge in [0.25, 0.3) is 0 Å². The molecular formula is C12H12F2N2OS2. The molecule has 0 bridgehead atoms. The van der Waals surface area contributed by atoms with Crippen LogP contribution >= 0.6 is 11.3 Å². The molecule has 0 amide bonds. The van der Waals surface area contributed by atoms with Crippen LogP contribution in [0.25, 0.3) is 0 Å². The highest BCUT2D eigenvalue weighted by molar-refractivity contribution is 7.84. The van der Waals surface area contributed by atoms with Crippen molar-refractivity contribution in [2.45, 2.75) is 24.5 Å². The van der Waals surface area contributed by atoms with Gasteiger partial charge in [-0.1, -0.05) is 0 Å². The summed E-state index contributed by atoms with van der Waals surface area (Å²) in [6, 6.07) is 1.93. The van der Waals surface area contributed by atoms with Gasteiger partial charge in [0.15, 0.2) is 0 Å². The van der Waals surface area contributed by atoms with E-state index in [9.17, 15) is 13.0 Å². The lowest BCUT2D eigenvalue weighted by Gasteiger charge is -2.05. The molecule has 0 aliphatic rings. The summed E-state index contributed by atoms with van der Waals surface area (Å²) in [5.41, 5.74) is 6.13. The van der Waals surface area contributed by atoms with E-state index >= 15 is 0 Å². The quantitative estimate of drug-likeness (QED) is 0.887. The molecule has 1 aromatic heterocycles. The molecule has 2 aromatic rings. The Morgan fingerprint density at radius 1 is 1.32 bits per heavy atom. The van der Waals surface area contributed by atoms with Crippen LogP contribution in [0, 0.1) is 25.5 Å². The Kier molecular flexibility index (Phi) is 3.96. The number of hydrogen-bond donors (Lipinski definition) is 1. The number of halogens is 2. The first kappa shape index (κ1) is 14.1. The fourth-order valence-corrected chi connectivity index (χ4v) is 3.85. The minimum absolute atomic E-state index is 0.00287. The van der Waals surface area contributed by atoms with Crippen molar-refractivity contribution in [2.75, 3.05) is 5.73 Å². The topological polar surface area (TPSA) is 56.0 Å². The van der Waals surface area contributed by atoms with Crippen LogP contribution in [0.15, 0.2) is 17.0 Å². The van der Waals surface area contributed by atoms with E-state index in [-0.39, 0.29) is 11.4 Å². The highest BCUT2D eigenvalue weighted by Gasteiger charge is 2.19. The van der Waals surface area contributed by atoms with Gasteiger partial charge in [-0.3, -0.25) is 4.21 Å². The van der Waals surface area contributed by atoms with Gasteiger partial charge in [-0.05, 0) is 26.0 Å². The Labute approximate surface area is 115 Å². The van der Waals surface area contributed by atoms with Crippen LogP contribution < -0.4 is 5.73 Å². The number of nitrogens with two attached hydrogens (primary N) is 1. The highest BCUT2D eigenvalue weighted by Crippen LogP contribution is 2.24. The van der Waals surface area contributed by atoms with E-state index in [1.807, 2.05) is 13.8 Å². The summed E-state index contributed by atoms with van der Waals surface area (Å²) >= 11 is 1.38. The number of aryl methyl sites for hydroxylation is 2. The van der Waals surface area contributed by atoms with E-state index < -0.39 is 27.3 Å². The molecule has 0 saturated carbocycles. The van der Waals surface area contributed by atoms with Gasteiger partial charge in [-0.2, -0.15) is 0 Å². The van der Waals surface area contributed by atoms with Crippen LogP contribution in [-0.4, -0.2) is 9.19 Å². The van der Waals surface area contributed by atoms with Crippen LogP contribution in [0.1, 0.15) is 15.6 Å². The maximum absolute atomic E-state index is 13.6. The molecule has 3 nitrogen and oxygen atoms in total. The summed E-state index contributed by atoms with van der Waals surface area (Å²) < 4.78 is 39.3. The fraction of sp³-hybridized carbons (Fsp3) is 0.250. The van der Waals surface area contributed by atoms with Gasteiger partial charge in [0, 0.05) is 10.6 Å². The van der Waals surface area contributed by atoms with Gasteiger partial charge in [-0.25, -0.2) is 13.8 Å². The number of thiazole rings is 1. The Hall–Kier alpha value is -1.34. The highest BCUT2D eigenvalue weighted by atomic mass is 32.2. The third-order valence-electron chi connectivity index (χ3n) is 2.58. The van der Waals surface area contributed by atoms with Crippen molar-refractivity contribution < 1.29 is 13.0 Å². The first-order valence-electron chi connectivity index (χ1n) is 5.44. The molecule has 0 aliphatic heterocycles. The van der Waals surface area contributed by atoms with Gasteiger partial charge >= 0.3 is 0 Å². The van der Waals surface area contributed by atoms with Crippen molar-refractivity contribution in [1.82, 2.24) is 4.98 Å². The number of benzene rings is 1. The lowest BCUT2D eigenvalue weighted by Crippen LogP contribution is -2.04. The zero-order valence-electron chi connectivity index (χ0n) is 10.4. The standard InChI is InChI=1S/C12H12F2N2OS2/c1-6-7(2)18-11(16-6)5-19(17)12-9(13)3-8(15)4-10(12)14/h3-4H,5,15H2,1-2H3. The van der Waals surface area contributed by atoms with Gasteiger partial charge in [0.05, 0.1) is 22.2 Å². The van der Waals surface area contributed by atoms with E-state index in [1.54, 1.807) is 0 Å². The molecule has 19 heavy (non-hydrogen) atoms. The normalized spacial score (nSPS) is 12.6. The number of anilines is 1.